The minimum atomic E-state index is -0.376. The van der Waals surface area contributed by atoms with Gasteiger partial charge in [-0.3, -0.25) is 4.79 Å². The van der Waals surface area contributed by atoms with E-state index in [-0.39, 0.29) is 16.6 Å². The molecule has 0 bridgehead atoms. The van der Waals surface area contributed by atoms with Gasteiger partial charge < -0.3 is 4.57 Å². The van der Waals surface area contributed by atoms with Crippen LogP contribution >= 0.6 is 0 Å². The van der Waals surface area contributed by atoms with Crippen LogP contribution < -0.4 is 10.6 Å². The van der Waals surface area contributed by atoms with Crippen LogP contribution in [0.15, 0.2) is 152 Å². The first-order valence-electron chi connectivity index (χ1n) is 19.6. The Bertz CT molecular complexity index is 2510. The van der Waals surface area contributed by atoms with Crippen LogP contribution in [-0.2, 0) is 15.6 Å². The molecule has 0 spiro atoms. The summed E-state index contributed by atoms with van der Waals surface area (Å²) in [5.41, 5.74) is 13.6. The summed E-state index contributed by atoms with van der Waals surface area (Å²) in [5, 5.41) is 3.47. The van der Waals surface area contributed by atoms with Gasteiger partial charge in [0, 0.05) is 28.1 Å². The fourth-order valence-corrected chi connectivity index (χ4v) is 8.21. The quantitative estimate of drug-likeness (QED) is 0.150. The molecule has 2 nitrogen and oxygen atoms in total. The predicted octanol–water partition coefficient (Wildman–Crippen LogP) is 12.4. The van der Waals surface area contributed by atoms with Gasteiger partial charge in [0.05, 0.1) is 10.9 Å². The number of rotatable bonds is 7. The molecule has 5 aromatic carbocycles. The molecule has 1 aliphatic rings. The van der Waals surface area contributed by atoms with Crippen molar-refractivity contribution in [3.05, 3.63) is 196 Å². The number of hydrogen-bond acceptors (Lipinski definition) is 1. The third-order valence-corrected chi connectivity index (χ3v) is 10.5. The Morgan fingerprint density at radius 1 is 0.764 bits per heavy atom. The molecular weight excluding hydrogens is 667 g/mol. The molecule has 0 N–H and O–H groups in total. The lowest BCUT2D eigenvalue weighted by Gasteiger charge is -2.36. The Balaban J connectivity index is 0.000000202. The predicted molar refractivity (Wildman–Crippen MR) is 239 cm³/mol. The smallest absolute Gasteiger partial charge is 0.133 e. The van der Waals surface area contributed by atoms with E-state index in [1.165, 1.54) is 61.1 Å². The van der Waals surface area contributed by atoms with E-state index in [2.05, 4.69) is 193 Å². The number of Topliss-reactive ketones (excluding diaryl/α,β-unsaturated/α-hetero) is 1. The van der Waals surface area contributed by atoms with Crippen molar-refractivity contribution in [1.29, 1.82) is 0 Å². The van der Waals surface area contributed by atoms with Gasteiger partial charge in [-0.15, -0.1) is 0 Å². The van der Waals surface area contributed by atoms with Crippen molar-refractivity contribution >= 4 is 28.8 Å². The van der Waals surface area contributed by atoms with Gasteiger partial charge in [-0.25, -0.2) is 0 Å². The summed E-state index contributed by atoms with van der Waals surface area (Å²) in [5.74, 6) is 0.180. The number of carbonyl (C=O) groups excluding carboxylic acids is 1. The number of allylic oxidation sites excluding steroid dienone is 4. The number of para-hydroxylation sites is 2. The third kappa shape index (κ3) is 7.51. The fourth-order valence-electron chi connectivity index (χ4n) is 8.21. The Kier molecular flexibility index (Phi) is 12.6. The van der Waals surface area contributed by atoms with E-state index in [0.29, 0.717) is 6.42 Å². The van der Waals surface area contributed by atoms with Crippen molar-refractivity contribution in [2.24, 2.45) is 0 Å². The van der Waals surface area contributed by atoms with Crippen LogP contribution in [0.4, 0.5) is 0 Å². The highest BCUT2D eigenvalue weighted by Gasteiger charge is 2.47. The second kappa shape index (κ2) is 17.2. The average Bonchev–Trinajstić information content (AvgIpc) is 3.66. The van der Waals surface area contributed by atoms with Crippen molar-refractivity contribution in [2.45, 2.75) is 79.6 Å². The lowest BCUT2D eigenvalue weighted by atomic mass is 9.65. The molecule has 280 valence electrons. The first-order valence-corrected chi connectivity index (χ1v) is 19.6. The van der Waals surface area contributed by atoms with E-state index >= 15 is 0 Å². The highest BCUT2D eigenvalue weighted by molar-refractivity contribution is 5.88. The molecule has 6 aromatic rings. The summed E-state index contributed by atoms with van der Waals surface area (Å²) in [6.45, 7) is 26.9. The lowest BCUT2D eigenvalue weighted by molar-refractivity contribution is -0.115. The van der Waals surface area contributed by atoms with E-state index in [4.69, 9.17) is 0 Å². The summed E-state index contributed by atoms with van der Waals surface area (Å²) in [7, 11) is 0. The Morgan fingerprint density at radius 2 is 1.38 bits per heavy atom. The summed E-state index contributed by atoms with van der Waals surface area (Å²) in [4.78, 5) is 11.6. The van der Waals surface area contributed by atoms with Crippen molar-refractivity contribution < 1.29 is 4.79 Å². The molecule has 1 aromatic heterocycles. The van der Waals surface area contributed by atoms with Gasteiger partial charge in [0.1, 0.15) is 5.78 Å². The van der Waals surface area contributed by atoms with Crippen LogP contribution in [0.3, 0.4) is 0 Å². The number of fused-ring (bicyclic) bond motifs is 4. The van der Waals surface area contributed by atoms with Crippen LogP contribution in [0.1, 0.15) is 88.3 Å². The maximum Gasteiger partial charge on any atom is 0.133 e. The molecule has 1 atom stereocenters. The van der Waals surface area contributed by atoms with Crippen LogP contribution in [0, 0.1) is 13.8 Å². The summed E-state index contributed by atoms with van der Waals surface area (Å²) in [6, 6.07) is 41.3. The zero-order valence-corrected chi connectivity index (χ0v) is 34.3. The molecule has 55 heavy (non-hydrogen) atoms. The first kappa shape index (κ1) is 40.5. The molecule has 1 heterocycles. The normalized spacial score (nSPS) is 15.3. The van der Waals surface area contributed by atoms with E-state index < -0.39 is 0 Å². The lowest BCUT2D eigenvalue weighted by Crippen LogP contribution is -2.30. The maximum atomic E-state index is 11.6. The molecule has 0 amide bonds. The average molecular weight is 724 g/mol. The molecular formula is C53H57NO. The molecule has 1 unspecified atom stereocenters. The van der Waals surface area contributed by atoms with Crippen molar-refractivity contribution in [3.63, 3.8) is 0 Å². The number of hydrogen-bond donors (Lipinski definition) is 0. The molecule has 7 rings (SSSR count). The maximum absolute atomic E-state index is 11.6. The van der Waals surface area contributed by atoms with E-state index in [9.17, 15) is 4.79 Å². The van der Waals surface area contributed by atoms with E-state index in [1.807, 2.05) is 26.0 Å². The van der Waals surface area contributed by atoms with Gasteiger partial charge in [-0.05, 0) is 89.8 Å². The highest BCUT2D eigenvalue weighted by Crippen LogP contribution is 2.57. The van der Waals surface area contributed by atoms with Crippen molar-refractivity contribution in [2.75, 3.05) is 0 Å². The summed E-state index contributed by atoms with van der Waals surface area (Å²) >= 11 is 0. The number of benzene rings is 5. The van der Waals surface area contributed by atoms with Gasteiger partial charge in [0.15, 0.2) is 0 Å². The van der Waals surface area contributed by atoms with E-state index in [1.54, 1.807) is 6.92 Å². The number of nitrogens with zero attached hydrogens (tertiary/aromatic N) is 1. The third-order valence-electron chi connectivity index (χ3n) is 10.5. The zero-order chi connectivity index (χ0) is 39.9. The summed E-state index contributed by atoms with van der Waals surface area (Å²) < 4.78 is 2.34. The van der Waals surface area contributed by atoms with Crippen LogP contribution in [0.25, 0.3) is 39.9 Å². The Labute approximate surface area is 329 Å². The molecule has 0 saturated carbocycles. The zero-order valence-electron chi connectivity index (χ0n) is 34.3. The van der Waals surface area contributed by atoms with Gasteiger partial charge in [0.2, 0.25) is 0 Å². The van der Waals surface area contributed by atoms with Crippen molar-refractivity contribution in [3.8, 4) is 16.8 Å². The molecule has 0 fully saturated rings. The molecule has 2 heteroatoms. The molecule has 0 aliphatic heterocycles. The number of ketones is 1. The first-order chi connectivity index (χ1) is 26.5. The summed E-state index contributed by atoms with van der Waals surface area (Å²) in [6.07, 6.45) is 10.6. The van der Waals surface area contributed by atoms with Gasteiger partial charge in [0.25, 0.3) is 0 Å². The van der Waals surface area contributed by atoms with Crippen LogP contribution in [-0.4, -0.2) is 10.4 Å². The van der Waals surface area contributed by atoms with Crippen LogP contribution in [0.2, 0.25) is 0 Å². The van der Waals surface area contributed by atoms with Crippen LogP contribution in [0.5, 0.6) is 0 Å². The number of aromatic nitrogens is 1. The van der Waals surface area contributed by atoms with Gasteiger partial charge in [-0.2, -0.15) is 0 Å². The second-order valence-corrected chi connectivity index (χ2v) is 15.0. The van der Waals surface area contributed by atoms with E-state index in [0.717, 1.165) is 16.1 Å². The largest absolute Gasteiger partial charge is 0.309 e. The monoisotopic (exact) mass is 723 g/mol. The molecule has 0 radical (unpaired) electrons. The van der Waals surface area contributed by atoms with Crippen molar-refractivity contribution in [1.82, 2.24) is 4.57 Å². The standard InChI is InChI=1S/C27H24.C24H27NO.C2H6/c1-5-11-21(6-2)27(24-14-9-7-12-20(24)4)25-15-10-8-13-22(25)23-17-16-19(3)18-26(23)27;1-6-21-19(16-15-17(2)26)18-11-7-9-13-22(18)25(21)23-14-10-8-12-20(23)24(3,4)5;1-2/h5-18H,1-2H2,3-4H3;6-14,16H,15H2,1-5H3;1-2H3/b21-11+;19-16-,21-6+;. The molecule has 1 aliphatic carbocycles. The van der Waals surface area contributed by atoms with Gasteiger partial charge in [-0.1, -0.05) is 187 Å². The topological polar surface area (TPSA) is 22.0 Å². The fraction of sp³-hybridized carbons (Fsp3) is 0.226. The number of aryl methyl sites for hydroxylation is 2. The highest BCUT2D eigenvalue weighted by atomic mass is 16.1. The minimum Gasteiger partial charge on any atom is -0.309 e. The molecule has 0 saturated heterocycles. The number of carbonyl (C=O) groups is 1. The SMILES string of the molecule is C/C=c1\c(=C/CC(C)=O)c2ccccc2n1-c1ccccc1C(C)(C)C.C=C/C=C(\C=C)C1(c2ccccc2C)c2ccccc2-c2ccc(C)cc21.CC. The van der Waals surface area contributed by atoms with Gasteiger partial charge >= 0.3 is 0 Å². The minimum absolute atomic E-state index is 0.0379. The Morgan fingerprint density at radius 3 is 2.04 bits per heavy atom. The Hall–Kier alpha value is -5.73. The second-order valence-electron chi connectivity index (χ2n) is 15.0.